The lowest BCUT2D eigenvalue weighted by molar-refractivity contribution is -0.114. The maximum atomic E-state index is 14.4. The highest BCUT2D eigenvalue weighted by Gasteiger charge is 2.29. The molecule has 1 amide bonds. The van der Waals surface area contributed by atoms with E-state index >= 15 is 0 Å². The monoisotopic (exact) mass is 550 g/mol. The average molecular weight is 551 g/mol. The highest BCUT2D eigenvalue weighted by atomic mass is 32.2. The van der Waals surface area contributed by atoms with Gasteiger partial charge in [0.1, 0.15) is 18.1 Å². The molecule has 0 aliphatic carbocycles. The van der Waals surface area contributed by atoms with Gasteiger partial charge in [-0.2, -0.15) is 12.7 Å². The minimum absolute atomic E-state index is 0.0532. The Morgan fingerprint density at radius 1 is 0.892 bits per heavy atom. The minimum atomic E-state index is -4.19. The van der Waals surface area contributed by atoms with Crippen molar-refractivity contribution in [2.24, 2.45) is 0 Å². The summed E-state index contributed by atoms with van der Waals surface area (Å²) in [4.78, 5) is 12.6. The van der Waals surface area contributed by atoms with Crippen molar-refractivity contribution < 1.29 is 30.8 Å². The summed E-state index contributed by atoms with van der Waals surface area (Å²) in [6.45, 7) is 1.62. The van der Waals surface area contributed by atoms with Gasteiger partial charge in [0.05, 0.1) is 17.2 Å². The van der Waals surface area contributed by atoms with Crippen LogP contribution in [-0.2, 0) is 25.0 Å². The third kappa shape index (κ3) is 6.96. The van der Waals surface area contributed by atoms with Gasteiger partial charge in [0.25, 0.3) is 10.0 Å². The number of nitrogens with one attached hydrogen (secondary N) is 2. The number of amides is 1. The van der Waals surface area contributed by atoms with Crippen LogP contribution >= 0.6 is 0 Å². The lowest BCUT2D eigenvalue weighted by Gasteiger charge is -2.27. The van der Waals surface area contributed by atoms with Gasteiger partial charge in [0.2, 0.25) is 5.91 Å². The number of hydrogen-bond donors (Lipinski definition) is 2. The molecule has 3 aromatic carbocycles. The van der Waals surface area contributed by atoms with Gasteiger partial charge in [0.15, 0.2) is 0 Å². The Hall–Kier alpha value is -3.68. The second-order valence-electron chi connectivity index (χ2n) is 7.88. The largest absolute Gasteiger partial charge is 0.494 e. The second-order valence-corrected chi connectivity index (χ2v) is 11.6. The predicted octanol–water partition coefficient (Wildman–Crippen LogP) is 3.28. The number of ether oxygens (including phenoxy) is 1. The smallest absolute Gasteiger partial charge is 0.304 e. The van der Waals surface area contributed by atoms with E-state index in [1.165, 1.54) is 56.6 Å². The molecular weight excluding hydrogens is 523 g/mol. The molecule has 0 aromatic heterocycles. The van der Waals surface area contributed by atoms with E-state index in [0.29, 0.717) is 22.3 Å². The van der Waals surface area contributed by atoms with Crippen molar-refractivity contribution in [3.63, 3.8) is 0 Å². The lowest BCUT2D eigenvalue weighted by Crippen LogP contribution is -2.44. The van der Waals surface area contributed by atoms with Gasteiger partial charge in [-0.05, 0) is 67.6 Å². The molecule has 3 aromatic rings. The Labute approximate surface area is 215 Å². The van der Waals surface area contributed by atoms with Crippen LogP contribution < -0.4 is 19.1 Å². The molecule has 13 heteroatoms. The Morgan fingerprint density at radius 2 is 1.49 bits per heavy atom. The summed E-state index contributed by atoms with van der Waals surface area (Å²) in [5.74, 6) is -0.954. The van der Waals surface area contributed by atoms with Gasteiger partial charge < -0.3 is 10.1 Å². The van der Waals surface area contributed by atoms with Crippen molar-refractivity contribution in [1.29, 1.82) is 0 Å². The molecule has 2 N–H and O–H groups in total. The summed E-state index contributed by atoms with van der Waals surface area (Å²) in [5.41, 5.74) is 0.282. The molecule has 0 fully saturated rings. The molecular formula is C24H27FN4O6S2. The van der Waals surface area contributed by atoms with Crippen LogP contribution in [0.4, 0.5) is 21.5 Å². The molecule has 0 saturated carbocycles. The number of hydrogen-bond acceptors (Lipinski definition) is 6. The number of carbonyl (C=O) groups excluding carboxylic acids is 1. The fourth-order valence-electron chi connectivity index (χ4n) is 3.19. The Balaban J connectivity index is 1.72. The molecule has 198 valence electrons. The molecule has 0 radical (unpaired) electrons. The first kappa shape index (κ1) is 27.9. The first-order valence-electron chi connectivity index (χ1n) is 11.0. The van der Waals surface area contributed by atoms with E-state index in [1.54, 1.807) is 24.3 Å². The zero-order chi connectivity index (χ0) is 27.2. The molecule has 0 aliphatic heterocycles. The SMILES string of the molecule is CCOc1ccc(NS(=O)(=O)c2ccc(NC(=O)CN(c3ccccc3F)S(=O)(=O)N(C)C)cc2)cc1. The molecule has 0 atom stereocenters. The summed E-state index contributed by atoms with van der Waals surface area (Å²) >= 11 is 0. The number of halogens is 1. The zero-order valence-corrected chi connectivity index (χ0v) is 22.0. The van der Waals surface area contributed by atoms with Crippen molar-refractivity contribution in [3.05, 3.63) is 78.6 Å². The fourth-order valence-corrected chi connectivity index (χ4v) is 5.32. The van der Waals surface area contributed by atoms with Gasteiger partial charge in [-0.1, -0.05) is 12.1 Å². The molecule has 37 heavy (non-hydrogen) atoms. The standard InChI is InChI=1S/C24H27FN4O6S2/c1-4-35-20-13-9-19(10-14-20)27-36(31,32)21-15-11-18(12-16-21)26-24(30)17-29(37(33,34)28(2)3)23-8-6-5-7-22(23)25/h5-16,27H,4,17H2,1-3H3,(H,26,30). The number of para-hydroxylation sites is 1. The number of sulfonamides is 1. The topological polar surface area (TPSA) is 125 Å². The van der Waals surface area contributed by atoms with Crippen LogP contribution in [0.1, 0.15) is 6.92 Å². The van der Waals surface area contributed by atoms with E-state index in [0.717, 1.165) is 10.4 Å². The normalized spacial score (nSPS) is 11.7. The zero-order valence-electron chi connectivity index (χ0n) is 20.4. The van der Waals surface area contributed by atoms with Crippen LogP contribution in [0.3, 0.4) is 0 Å². The summed E-state index contributed by atoms with van der Waals surface area (Å²) in [7, 11) is -5.57. The van der Waals surface area contributed by atoms with Crippen molar-refractivity contribution in [2.75, 3.05) is 41.6 Å². The highest BCUT2D eigenvalue weighted by Crippen LogP contribution is 2.24. The molecule has 0 unspecified atom stereocenters. The minimum Gasteiger partial charge on any atom is -0.494 e. The lowest BCUT2D eigenvalue weighted by atomic mass is 10.3. The molecule has 0 aliphatic rings. The number of carbonyl (C=O) groups is 1. The number of benzene rings is 3. The van der Waals surface area contributed by atoms with Gasteiger partial charge in [0, 0.05) is 25.5 Å². The molecule has 3 rings (SSSR count). The maximum Gasteiger partial charge on any atom is 0.304 e. The van der Waals surface area contributed by atoms with Crippen molar-refractivity contribution >= 4 is 43.2 Å². The van der Waals surface area contributed by atoms with Crippen molar-refractivity contribution in [2.45, 2.75) is 11.8 Å². The quantitative estimate of drug-likeness (QED) is 0.378. The molecule has 0 bridgehead atoms. The van der Waals surface area contributed by atoms with Crippen LogP contribution in [0, 0.1) is 5.82 Å². The van der Waals surface area contributed by atoms with Gasteiger partial charge in [-0.3, -0.25) is 9.52 Å². The maximum absolute atomic E-state index is 14.4. The third-order valence-corrected chi connectivity index (χ3v) is 8.22. The highest BCUT2D eigenvalue weighted by molar-refractivity contribution is 7.92. The van der Waals surface area contributed by atoms with E-state index in [9.17, 15) is 26.0 Å². The number of nitrogens with zero attached hydrogens (tertiary/aromatic N) is 2. The molecule has 0 spiro atoms. The summed E-state index contributed by atoms with van der Waals surface area (Å²) in [6.07, 6.45) is 0. The number of anilines is 3. The molecule has 10 nitrogen and oxygen atoms in total. The average Bonchev–Trinajstić information content (AvgIpc) is 2.84. The van der Waals surface area contributed by atoms with E-state index in [4.69, 9.17) is 4.74 Å². The second kappa shape index (κ2) is 11.6. The molecule has 0 saturated heterocycles. The number of rotatable bonds is 11. The van der Waals surface area contributed by atoms with E-state index in [1.807, 2.05) is 6.92 Å². The Kier molecular flexibility index (Phi) is 8.73. The summed E-state index contributed by atoms with van der Waals surface area (Å²) < 4.78 is 74.6. The Bertz CT molecular complexity index is 1450. The van der Waals surface area contributed by atoms with Crippen molar-refractivity contribution in [3.8, 4) is 5.75 Å². The first-order chi connectivity index (χ1) is 17.4. The molecule has 0 heterocycles. The van der Waals surface area contributed by atoms with Crippen LogP contribution in [0.25, 0.3) is 0 Å². The van der Waals surface area contributed by atoms with Crippen LogP contribution in [0.15, 0.2) is 77.7 Å². The van der Waals surface area contributed by atoms with E-state index in [-0.39, 0.29) is 16.3 Å². The van der Waals surface area contributed by atoms with Gasteiger partial charge in [-0.15, -0.1) is 0 Å². The predicted molar refractivity (Wildman–Crippen MR) is 140 cm³/mol. The van der Waals surface area contributed by atoms with Crippen LogP contribution in [0.2, 0.25) is 0 Å². The first-order valence-corrected chi connectivity index (χ1v) is 13.9. The third-order valence-electron chi connectivity index (χ3n) is 5.01. The van der Waals surface area contributed by atoms with Crippen LogP contribution in [0.5, 0.6) is 5.75 Å². The van der Waals surface area contributed by atoms with Gasteiger partial charge in [-0.25, -0.2) is 17.1 Å². The van der Waals surface area contributed by atoms with E-state index < -0.39 is 38.5 Å². The van der Waals surface area contributed by atoms with Crippen molar-refractivity contribution in [1.82, 2.24) is 4.31 Å². The van der Waals surface area contributed by atoms with E-state index in [2.05, 4.69) is 10.0 Å². The summed E-state index contributed by atoms with van der Waals surface area (Å²) in [6, 6.07) is 16.9. The Morgan fingerprint density at radius 3 is 2.05 bits per heavy atom. The van der Waals surface area contributed by atoms with Crippen LogP contribution in [-0.4, -0.2) is 54.3 Å². The fraction of sp³-hybridized carbons (Fsp3) is 0.208. The van der Waals surface area contributed by atoms with Gasteiger partial charge >= 0.3 is 10.2 Å². The summed E-state index contributed by atoms with van der Waals surface area (Å²) in [5, 5.41) is 2.50.